The minimum atomic E-state index is -2.22. The number of aliphatic carboxylic acids is 4. The average molecular weight is 328 g/mol. The van der Waals surface area contributed by atoms with Crippen LogP contribution in [0.4, 0.5) is 0 Å². The van der Waals surface area contributed by atoms with Crippen molar-refractivity contribution in [2.75, 3.05) is 0 Å². The van der Waals surface area contributed by atoms with E-state index < -0.39 is 60.6 Å². The van der Waals surface area contributed by atoms with Crippen LogP contribution in [0.3, 0.4) is 0 Å². The van der Waals surface area contributed by atoms with Crippen molar-refractivity contribution < 1.29 is 50.6 Å². The molecule has 22 heavy (non-hydrogen) atoms. The van der Waals surface area contributed by atoms with Crippen molar-refractivity contribution in [3.63, 3.8) is 0 Å². The number of carboxylic acid groups (broad SMARTS) is 4. The number of hydrogen-bond acceptors (Lipinski definition) is 6. The van der Waals surface area contributed by atoms with E-state index in [2.05, 4.69) is 0 Å². The monoisotopic (exact) mass is 328 g/mol. The van der Waals surface area contributed by atoms with Gasteiger partial charge in [0.15, 0.2) is 0 Å². The lowest BCUT2D eigenvalue weighted by Gasteiger charge is -2.42. The van der Waals surface area contributed by atoms with Gasteiger partial charge >= 0.3 is 23.9 Å². The number of carboxylic acids is 4. The average Bonchev–Trinajstić information content (AvgIpc) is 2.10. The first kappa shape index (κ1) is 24.7. The van der Waals surface area contributed by atoms with Gasteiger partial charge in [-0.15, -0.1) is 0 Å². The molecule has 0 aromatic rings. The fraction of sp³-hybridized carbons (Fsp3) is 0.600. The van der Waals surface area contributed by atoms with Crippen molar-refractivity contribution >= 4 is 23.9 Å². The minimum absolute atomic E-state index is 0. The third-order valence-electron chi connectivity index (χ3n) is 2.86. The SMILES string of the molecule is NC(CC(=O)O)(CC(=O)O)C(N)(CC(=O)O)CC(=O)O.O.O. The normalized spacial score (nSPS) is 10.8. The van der Waals surface area contributed by atoms with E-state index in [0.717, 1.165) is 0 Å². The Labute approximate surface area is 123 Å². The summed E-state index contributed by atoms with van der Waals surface area (Å²) in [5, 5.41) is 35.1. The number of nitrogens with two attached hydrogens (primary N) is 2. The molecule has 0 aliphatic carbocycles. The first-order valence-electron chi connectivity index (χ1n) is 5.37. The smallest absolute Gasteiger partial charge is 0.305 e. The zero-order chi connectivity index (χ0) is 16.1. The molecule has 0 aliphatic rings. The molecule has 12 nitrogen and oxygen atoms in total. The molecular formula is C10H20N2O10. The van der Waals surface area contributed by atoms with E-state index in [1.54, 1.807) is 0 Å². The van der Waals surface area contributed by atoms with Crippen molar-refractivity contribution in [3.8, 4) is 0 Å². The summed E-state index contributed by atoms with van der Waals surface area (Å²) in [5.41, 5.74) is 6.88. The highest BCUT2D eigenvalue weighted by Crippen LogP contribution is 2.31. The van der Waals surface area contributed by atoms with Crippen LogP contribution in [-0.2, 0) is 19.2 Å². The fourth-order valence-electron chi connectivity index (χ4n) is 1.91. The maximum absolute atomic E-state index is 10.8. The molecule has 12 heteroatoms. The van der Waals surface area contributed by atoms with Crippen LogP contribution in [0.2, 0.25) is 0 Å². The van der Waals surface area contributed by atoms with Crippen molar-refractivity contribution in [1.82, 2.24) is 0 Å². The second kappa shape index (κ2) is 8.89. The van der Waals surface area contributed by atoms with E-state index >= 15 is 0 Å². The molecule has 0 unspecified atom stereocenters. The van der Waals surface area contributed by atoms with Crippen LogP contribution < -0.4 is 11.5 Å². The highest BCUT2D eigenvalue weighted by molar-refractivity contribution is 5.78. The van der Waals surface area contributed by atoms with E-state index in [1.807, 2.05) is 0 Å². The topological polar surface area (TPSA) is 264 Å². The molecular weight excluding hydrogens is 308 g/mol. The molecule has 0 bridgehead atoms. The van der Waals surface area contributed by atoms with Gasteiger partial charge in [-0.2, -0.15) is 0 Å². The van der Waals surface area contributed by atoms with Gasteiger partial charge in [0.05, 0.1) is 36.8 Å². The van der Waals surface area contributed by atoms with Crippen LogP contribution in [0.5, 0.6) is 0 Å². The Bertz CT molecular complexity index is 363. The lowest BCUT2D eigenvalue weighted by molar-refractivity contribution is -0.150. The number of hydrogen-bond donors (Lipinski definition) is 6. The highest BCUT2D eigenvalue weighted by Gasteiger charge is 2.51. The number of carbonyl (C=O) groups is 4. The minimum Gasteiger partial charge on any atom is -0.481 e. The summed E-state index contributed by atoms with van der Waals surface area (Å²) in [6.45, 7) is 0. The van der Waals surface area contributed by atoms with E-state index in [1.165, 1.54) is 0 Å². The standard InChI is InChI=1S/C10H16N2O8.2H2O/c11-9(1-5(13)14,2-6(15)16)10(12,3-7(17)18)4-8(19)20;;/h1-4,11-12H2,(H,13,14)(H,15,16)(H,17,18)(H,19,20);2*1H2. The van der Waals surface area contributed by atoms with Crippen LogP contribution in [0, 0.1) is 0 Å². The third-order valence-corrected chi connectivity index (χ3v) is 2.86. The van der Waals surface area contributed by atoms with Gasteiger partial charge in [-0.05, 0) is 0 Å². The van der Waals surface area contributed by atoms with Gasteiger partial charge < -0.3 is 42.8 Å². The van der Waals surface area contributed by atoms with Crippen LogP contribution >= 0.6 is 0 Å². The predicted molar refractivity (Wildman–Crippen MR) is 70.1 cm³/mol. The summed E-state index contributed by atoms with van der Waals surface area (Å²) < 4.78 is 0. The Morgan fingerprint density at radius 2 is 0.727 bits per heavy atom. The lowest BCUT2D eigenvalue weighted by Crippen LogP contribution is -2.68. The third kappa shape index (κ3) is 6.94. The van der Waals surface area contributed by atoms with E-state index in [-0.39, 0.29) is 11.0 Å². The molecule has 0 aromatic carbocycles. The summed E-state index contributed by atoms with van der Waals surface area (Å²) in [6, 6.07) is 0. The molecule has 0 amide bonds. The molecule has 0 fully saturated rings. The van der Waals surface area contributed by atoms with Gasteiger partial charge in [0.1, 0.15) is 0 Å². The van der Waals surface area contributed by atoms with Gasteiger partial charge in [0.2, 0.25) is 0 Å². The molecule has 0 heterocycles. The molecule has 0 saturated carbocycles. The van der Waals surface area contributed by atoms with E-state index in [9.17, 15) is 19.2 Å². The summed E-state index contributed by atoms with van der Waals surface area (Å²) in [4.78, 5) is 43.2. The zero-order valence-electron chi connectivity index (χ0n) is 11.4. The molecule has 0 aliphatic heterocycles. The van der Waals surface area contributed by atoms with Crippen LogP contribution in [-0.4, -0.2) is 66.3 Å². The first-order chi connectivity index (χ1) is 8.92. The predicted octanol–water partition coefficient (Wildman–Crippen LogP) is -3.37. The van der Waals surface area contributed by atoms with Crippen molar-refractivity contribution in [1.29, 1.82) is 0 Å². The van der Waals surface area contributed by atoms with Gasteiger partial charge in [-0.25, -0.2) is 0 Å². The fourth-order valence-corrected chi connectivity index (χ4v) is 1.91. The summed E-state index contributed by atoms with van der Waals surface area (Å²) >= 11 is 0. The van der Waals surface area contributed by atoms with Crippen LogP contribution in [0.1, 0.15) is 25.7 Å². The quantitative estimate of drug-likeness (QED) is 0.244. The van der Waals surface area contributed by atoms with Crippen molar-refractivity contribution in [2.24, 2.45) is 11.5 Å². The number of rotatable bonds is 9. The first-order valence-corrected chi connectivity index (χ1v) is 5.37. The van der Waals surface area contributed by atoms with Crippen molar-refractivity contribution in [2.45, 2.75) is 36.8 Å². The second-order valence-electron chi connectivity index (χ2n) is 4.59. The van der Waals surface area contributed by atoms with Crippen LogP contribution in [0.15, 0.2) is 0 Å². The highest BCUT2D eigenvalue weighted by atomic mass is 16.4. The van der Waals surface area contributed by atoms with E-state index in [0.29, 0.717) is 0 Å². The van der Waals surface area contributed by atoms with Gasteiger partial charge in [0.25, 0.3) is 0 Å². The van der Waals surface area contributed by atoms with Crippen molar-refractivity contribution in [3.05, 3.63) is 0 Å². The Balaban J connectivity index is -0.00000180. The molecule has 0 aromatic heterocycles. The zero-order valence-corrected chi connectivity index (χ0v) is 11.4. The molecule has 0 rings (SSSR count). The molecule has 0 saturated heterocycles. The molecule has 12 N–H and O–H groups in total. The lowest BCUT2D eigenvalue weighted by atomic mass is 9.69. The van der Waals surface area contributed by atoms with Gasteiger partial charge in [0, 0.05) is 0 Å². The Morgan fingerprint density at radius 1 is 0.591 bits per heavy atom. The largest absolute Gasteiger partial charge is 0.481 e. The van der Waals surface area contributed by atoms with Crippen LogP contribution in [0.25, 0.3) is 0 Å². The Kier molecular flexibility index (Phi) is 9.98. The second-order valence-corrected chi connectivity index (χ2v) is 4.59. The molecule has 0 atom stereocenters. The Hall–Kier alpha value is -2.28. The van der Waals surface area contributed by atoms with Gasteiger partial charge in [-0.3, -0.25) is 19.2 Å². The summed E-state index contributed by atoms with van der Waals surface area (Å²) in [7, 11) is 0. The summed E-state index contributed by atoms with van der Waals surface area (Å²) in [5.74, 6) is -6.06. The molecule has 130 valence electrons. The maximum atomic E-state index is 10.8. The van der Waals surface area contributed by atoms with E-state index in [4.69, 9.17) is 31.9 Å². The Morgan fingerprint density at radius 3 is 0.818 bits per heavy atom. The molecule has 0 radical (unpaired) electrons. The van der Waals surface area contributed by atoms with Gasteiger partial charge in [-0.1, -0.05) is 0 Å². The maximum Gasteiger partial charge on any atom is 0.305 e. The molecule has 0 spiro atoms. The summed E-state index contributed by atoms with van der Waals surface area (Å²) in [6.07, 6.45) is -3.90.